The number of carbonyl (C=O) groups is 3. The lowest BCUT2D eigenvalue weighted by Gasteiger charge is -2.31. The predicted molar refractivity (Wildman–Crippen MR) is 141 cm³/mol. The van der Waals surface area contributed by atoms with Gasteiger partial charge in [0.15, 0.2) is 6.73 Å². The van der Waals surface area contributed by atoms with E-state index in [1.54, 1.807) is 12.1 Å². The van der Waals surface area contributed by atoms with E-state index in [2.05, 4.69) is 15.4 Å². The van der Waals surface area contributed by atoms with Gasteiger partial charge in [-0.1, -0.05) is 30.3 Å². The Bertz CT molecular complexity index is 1270. The van der Waals surface area contributed by atoms with E-state index in [0.717, 1.165) is 23.6 Å². The standard InChI is InChI=1S/C26H35N5O6S/c27-11-9-20-15-23(20)30-25(33)21-6-3-13-31(16-21)26(34)37-17-28-24(32)10-12-29-38(35,36)22-8-7-18-4-1-2-5-19(18)14-22/h1-2,4-5,7-8,14,20-21,23,29H,3,6,9-13,15-17,27H2,(H,28,32)(H,30,33)/t20?,21-,23-/m0/s1. The van der Waals surface area contributed by atoms with Gasteiger partial charge in [0, 0.05) is 32.1 Å². The summed E-state index contributed by atoms with van der Waals surface area (Å²) in [7, 11) is -3.78. The molecule has 38 heavy (non-hydrogen) atoms. The Morgan fingerprint density at radius 1 is 1.11 bits per heavy atom. The van der Waals surface area contributed by atoms with Crippen LogP contribution in [0.2, 0.25) is 0 Å². The van der Waals surface area contributed by atoms with Gasteiger partial charge in [0.05, 0.1) is 10.8 Å². The quantitative estimate of drug-likeness (QED) is 0.310. The highest BCUT2D eigenvalue weighted by molar-refractivity contribution is 7.89. The maximum atomic E-state index is 12.6. The minimum atomic E-state index is -3.78. The maximum Gasteiger partial charge on any atom is 0.411 e. The smallest absolute Gasteiger partial charge is 0.411 e. The Morgan fingerprint density at radius 2 is 1.89 bits per heavy atom. The average molecular weight is 546 g/mol. The Balaban J connectivity index is 1.14. The third kappa shape index (κ3) is 7.42. The van der Waals surface area contributed by atoms with Crippen molar-refractivity contribution in [2.24, 2.45) is 17.6 Å². The number of piperidine rings is 1. The van der Waals surface area contributed by atoms with Gasteiger partial charge in [-0.3, -0.25) is 9.59 Å². The second-order valence-electron chi connectivity index (χ2n) is 9.78. The summed E-state index contributed by atoms with van der Waals surface area (Å²) in [5.74, 6) is -0.357. The molecule has 1 saturated carbocycles. The molecule has 3 atom stereocenters. The predicted octanol–water partition coefficient (Wildman–Crippen LogP) is 1.28. The molecular weight excluding hydrogens is 510 g/mol. The minimum absolute atomic E-state index is 0.0496. The summed E-state index contributed by atoms with van der Waals surface area (Å²) in [6.45, 7) is 0.906. The number of amides is 3. The minimum Gasteiger partial charge on any atom is -0.428 e. The van der Waals surface area contributed by atoms with Crippen molar-refractivity contribution >= 4 is 38.7 Å². The lowest BCUT2D eigenvalue weighted by molar-refractivity contribution is -0.126. The first kappa shape index (κ1) is 27.8. The summed E-state index contributed by atoms with van der Waals surface area (Å²) in [6, 6.07) is 12.4. The number of ether oxygens (including phenoxy) is 1. The number of benzene rings is 2. The molecule has 2 aromatic carbocycles. The van der Waals surface area contributed by atoms with Crippen molar-refractivity contribution in [2.45, 2.75) is 43.0 Å². The molecule has 1 saturated heterocycles. The van der Waals surface area contributed by atoms with Crippen molar-refractivity contribution < 1.29 is 27.5 Å². The number of likely N-dealkylation sites (tertiary alicyclic amines) is 1. The third-order valence-corrected chi connectivity index (χ3v) is 8.44. The molecule has 2 aromatic rings. The second-order valence-corrected chi connectivity index (χ2v) is 11.6. The fourth-order valence-corrected chi connectivity index (χ4v) is 5.76. The lowest BCUT2D eigenvalue weighted by atomic mass is 9.97. The molecule has 4 rings (SSSR count). The van der Waals surface area contributed by atoms with Crippen molar-refractivity contribution in [1.82, 2.24) is 20.3 Å². The number of sulfonamides is 1. The van der Waals surface area contributed by atoms with Crippen LogP contribution in [0, 0.1) is 11.8 Å². The molecule has 2 fully saturated rings. The van der Waals surface area contributed by atoms with E-state index in [4.69, 9.17) is 10.5 Å². The number of fused-ring (bicyclic) bond motifs is 1. The van der Waals surface area contributed by atoms with Crippen LogP contribution in [-0.4, -0.2) is 70.2 Å². The first-order valence-corrected chi connectivity index (χ1v) is 14.4. The van der Waals surface area contributed by atoms with Gasteiger partial charge >= 0.3 is 6.09 Å². The van der Waals surface area contributed by atoms with Crippen molar-refractivity contribution in [1.29, 1.82) is 0 Å². The number of hydrogen-bond acceptors (Lipinski definition) is 7. The third-order valence-electron chi connectivity index (χ3n) is 6.98. The molecule has 1 aliphatic carbocycles. The van der Waals surface area contributed by atoms with Crippen LogP contribution in [0.1, 0.15) is 32.1 Å². The number of hydrogen-bond donors (Lipinski definition) is 4. The van der Waals surface area contributed by atoms with E-state index in [9.17, 15) is 22.8 Å². The van der Waals surface area contributed by atoms with E-state index in [1.165, 1.54) is 11.0 Å². The van der Waals surface area contributed by atoms with Crippen molar-refractivity contribution in [2.75, 3.05) is 32.9 Å². The molecule has 1 unspecified atom stereocenters. The molecular formula is C26H35N5O6S. The summed E-state index contributed by atoms with van der Waals surface area (Å²) < 4.78 is 32.7. The zero-order valence-electron chi connectivity index (χ0n) is 21.2. The van der Waals surface area contributed by atoms with Gasteiger partial charge in [-0.05, 0) is 61.1 Å². The maximum absolute atomic E-state index is 12.6. The second kappa shape index (κ2) is 12.5. The van der Waals surface area contributed by atoms with Gasteiger partial charge in [-0.2, -0.15) is 0 Å². The molecule has 12 heteroatoms. The molecule has 0 spiro atoms. The topological polar surface area (TPSA) is 160 Å². The fraction of sp³-hybridized carbons (Fsp3) is 0.500. The van der Waals surface area contributed by atoms with Gasteiger partial charge in [-0.15, -0.1) is 0 Å². The van der Waals surface area contributed by atoms with Crippen LogP contribution in [0.5, 0.6) is 0 Å². The first-order chi connectivity index (χ1) is 18.3. The SMILES string of the molecule is NCCC1C[C@@H]1NC(=O)[C@H]1CCCN(C(=O)OCNC(=O)CCNS(=O)(=O)c2ccc3ccccc3c2)C1. The highest BCUT2D eigenvalue weighted by Crippen LogP contribution is 2.33. The number of nitrogens with one attached hydrogen (secondary N) is 3. The van der Waals surface area contributed by atoms with Gasteiger partial charge in [-0.25, -0.2) is 17.9 Å². The van der Waals surface area contributed by atoms with E-state index < -0.39 is 22.0 Å². The lowest BCUT2D eigenvalue weighted by Crippen LogP contribution is -2.46. The van der Waals surface area contributed by atoms with Gasteiger partial charge in [0.1, 0.15) is 0 Å². The first-order valence-electron chi connectivity index (χ1n) is 12.9. The zero-order valence-corrected chi connectivity index (χ0v) is 22.0. The Kier molecular flexibility index (Phi) is 9.18. The van der Waals surface area contributed by atoms with E-state index in [-0.39, 0.29) is 49.0 Å². The average Bonchev–Trinajstić information content (AvgIpc) is 3.65. The summed E-state index contributed by atoms with van der Waals surface area (Å²) in [4.78, 5) is 38.7. The van der Waals surface area contributed by atoms with Crippen molar-refractivity contribution in [3.63, 3.8) is 0 Å². The fourth-order valence-electron chi connectivity index (χ4n) is 4.69. The summed E-state index contributed by atoms with van der Waals surface area (Å²) >= 11 is 0. The zero-order chi connectivity index (χ0) is 27.1. The highest BCUT2D eigenvalue weighted by Gasteiger charge is 2.39. The normalized spacial score (nSPS) is 21.1. The van der Waals surface area contributed by atoms with Crippen LogP contribution in [-0.2, 0) is 24.3 Å². The van der Waals surface area contributed by atoms with Crippen molar-refractivity contribution in [3.8, 4) is 0 Å². The summed E-state index contributed by atoms with van der Waals surface area (Å²) in [5.41, 5.74) is 5.57. The van der Waals surface area contributed by atoms with Crippen LogP contribution in [0.25, 0.3) is 10.8 Å². The summed E-state index contributed by atoms with van der Waals surface area (Å²) in [5, 5.41) is 7.23. The van der Waals surface area contributed by atoms with E-state index in [1.807, 2.05) is 24.3 Å². The molecule has 1 aliphatic heterocycles. The van der Waals surface area contributed by atoms with Crippen LogP contribution in [0.15, 0.2) is 47.4 Å². The van der Waals surface area contributed by atoms with Crippen LogP contribution in [0.3, 0.4) is 0 Å². The Labute approximate surface area is 222 Å². The molecule has 0 bridgehead atoms. The number of nitrogens with two attached hydrogens (primary N) is 1. The largest absolute Gasteiger partial charge is 0.428 e. The van der Waals surface area contributed by atoms with Gasteiger partial charge < -0.3 is 26.0 Å². The number of rotatable bonds is 11. The van der Waals surface area contributed by atoms with Crippen LogP contribution in [0.4, 0.5) is 4.79 Å². The Hall–Kier alpha value is -3.22. The monoisotopic (exact) mass is 545 g/mol. The van der Waals surface area contributed by atoms with Crippen LogP contribution >= 0.6 is 0 Å². The van der Waals surface area contributed by atoms with Gasteiger partial charge in [0.2, 0.25) is 21.8 Å². The molecule has 0 radical (unpaired) electrons. The molecule has 5 N–H and O–H groups in total. The number of nitrogens with zero attached hydrogens (tertiary/aromatic N) is 1. The Morgan fingerprint density at radius 3 is 2.68 bits per heavy atom. The molecule has 1 heterocycles. The van der Waals surface area contributed by atoms with Crippen molar-refractivity contribution in [3.05, 3.63) is 42.5 Å². The highest BCUT2D eigenvalue weighted by atomic mass is 32.2. The molecule has 2 aliphatic rings. The number of carbonyl (C=O) groups excluding carboxylic acids is 3. The molecule has 11 nitrogen and oxygen atoms in total. The van der Waals surface area contributed by atoms with E-state index in [0.29, 0.717) is 31.8 Å². The molecule has 0 aromatic heterocycles. The van der Waals surface area contributed by atoms with Gasteiger partial charge in [0.25, 0.3) is 0 Å². The van der Waals surface area contributed by atoms with E-state index >= 15 is 0 Å². The van der Waals surface area contributed by atoms with Crippen LogP contribution < -0.4 is 21.1 Å². The molecule has 206 valence electrons. The molecule has 3 amide bonds. The summed E-state index contributed by atoms with van der Waals surface area (Å²) in [6.07, 6.45) is 2.51.